The molecule has 55 heavy (non-hydrogen) atoms. The lowest BCUT2D eigenvalue weighted by Gasteiger charge is -2.00. The minimum Gasteiger partial charge on any atom is -0.369 e. The third-order valence-electron chi connectivity index (χ3n) is 4.68. The molecule has 1 atom stereocenters. The number of amidine groups is 1. The Balaban J connectivity index is 0.000000643. The van der Waals surface area contributed by atoms with Gasteiger partial charge in [-0.1, -0.05) is 64.2 Å². The normalized spacial score (nSPS) is 16.1. The van der Waals surface area contributed by atoms with Crippen LogP contribution in [-0.2, 0) is 18.1 Å². The van der Waals surface area contributed by atoms with Gasteiger partial charge < -0.3 is 15.5 Å². The molecule has 1 unspecified atom stereocenters. The first-order valence-electron chi connectivity index (χ1n) is 14.1. The largest absolute Gasteiger partial charge is 0.369 e. The lowest BCUT2D eigenvalue weighted by molar-refractivity contribution is -0.117. The molecule has 2 aromatic heterocycles. The SMILES string of the molecule is C.C=S1(=O)SC(=O)c2ccccc21.CN(C)C=NC1=NC(=S)CS1.CNC(=O)SSC(=O)NC.Cc1nc(=S)ss1.Cc1nc(=S)ss1.O=C1CC(=O)SS1. The van der Waals surface area contributed by atoms with Gasteiger partial charge in [-0.15, -0.1) is 0 Å². The molecular formula is C28H35N7O6S14. The number of carbonyl (C=O) groups is 5. The lowest BCUT2D eigenvalue weighted by atomic mass is 10.2. The van der Waals surface area contributed by atoms with Crippen LogP contribution in [0.3, 0.4) is 0 Å². The van der Waals surface area contributed by atoms with Crippen LogP contribution in [0.2, 0.25) is 0 Å². The molecule has 0 aliphatic carbocycles. The first-order chi connectivity index (χ1) is 25.4. The van der Waals surface area contributed by atoms with Crippen LogP contribution in [-0.4, -0.2) is 101 Å². The summed E-state index contributed by atoms with van der Waals surface area (Å²) in [6, 6.07) is 6.91. The van der Waals surface area contributed by atoms with Gasteiger partial charge in [0.15, 0.2) is 13.1 Å². The van der Waals surface area contributed by atoms with Crippen molar-refractivity contribution in [2.45, 2.75) is 32.6 Å². The molecule has 302 valence electrons. The number of thioether (sulfide) groups is 1. The van der Waals surface area contributed by atoms with Gasteiger partial charge in [-0.3, -0.25) is 28.2 Å². The van der Waals surface area contributed by atoms with Crippen molar-refractivity contribution in [2.24, 2.45) is 9.98 Å². The fraction of sp³-hybridized carbons (Fsp3) is 0.321. The Labute approximate surface area is 374 Å². The second-order valence-electron chi connectivity index (χ2n) is 9.22. The molecule has 2 N–H and O–H groups in total. The van der Waals surface area contributed by atoms with Crippen molar-refractivity contribution < 1.29 is 28.2 Å². The van der Waals surface area contributed by atoms with Gasteiger partial charge in [0.1, 0.15) is 15.0 Å². The fourth-order valence-electron chi connectivity index (χ4n) is 2.60. The van der Waals surface area contributed by atoms with Crippen LogP contribution in [0.15, 0.2) is 39.1 Å². The number of hydrogen-bond donors (Lipinski definition) is 2. The van der Waals surface area contributed by atoms with Crippen LogP contribution in [0.5, 0.6) is 0 Å². The van der Waals surface area contributed by atoms with E-state index in [9.17, 15) is 28.2 Å². The number of benzene rings is 1. The summed E-state index contributed by atoms with van der Waals surface area (Å²) in [6.45, 7) is 3.91. The molecule has 3 aliphatic rings. The second-order valence-corrected chi connectivity index (χ2v) is 25.2. The van der Waals surface area contributed by atoms with Crippen LogP contribution in [0.4, 0.5) is 9.59 Å². The Hall–Kier alpha value is -1.08. The highest BCUT2D eigenvalue weighted by molar-refractivity contribution is 8.88. The molecule has 0 spiro atoms. The van der Waals surface area contributed by atoms with Crippen molar-refractivity contribution in [3.05, 3.63) is 47.8 Å². The second kappa shape index (κ2) is 29.2. The highest BCUT2D eigenvalue weighted by atomic mass is 33.1. The zero-order chi connectivity index (χ0) is 40.8. The topological polar surface area (TPSA) is 180 Å². The summed E-state index contributed by atoms with van der Waals surface area (Å²) in [5, 5.41) is 7.01. The van der Waals surface area contributed by atoms with Gasteiger partial charge in [0, 0.05) is 66.1 Å². The summed E-state index contributed by atoms with van der Waals surface area (Å²) in [5.74, 6) is 4.33. The summed E-state index contributed by atoms with van der Waals surface area (Å²) >= 11 is 16.0. The minimum atomic E-state index is -2.39. The van der Waals surface area contributed by atoms with Crippen LogP contribution >= 0.6 is 144 Å². The van der Waals surface area contributed by atoms with E-state index in [2.05, 4.69) is 36.5 Å². The van der Waals surface area contributed by atoms with Gasteiger partial charge in [-0.05, 0) is 98.6 Å². The maximum Gasteiger partial charge on any atom is 0.289 e. The molecule has 3 aliphatic heterocycles. The molecule has 0 radical (unpaired) electrons. The number of aryl methyl sites for hydroxylation is 2. The third kappa shape index (κ3) is 24.4. The number of aliphatic imine (C=N–C) groups is 2. The van der Waals surface area contributed by atoms with E-state index in [1.807, 2.05) is 32.8 Å². The maximum atomic E-state index is 11.6. The molecule has 5 heterocycles. The molecule has 1 aromatic carbocycles. The molecule has 0 bridgehead atoms. The number of aromatic nitrogens is 2. The summed E-state index contributed by atoms with van der Waals surface area (Å²) in [5.41, 5.74) is 0.544. The van der Waals surface area contributed by atoms with Crippen LogP contribution in [0, 0.1) is 21.8 Å². The number of rotatable bonds is 1. The lowest BCUT2D eigenvalue weighted by Crippen LogP contribution is -2.13. The quantitative estimate of drug-likeness (QED) is 0.0773. The number of amides is 2. The summed E-state index contributed by atoms with van der Waals surface area (Å²) in [6.07, 6.45) is 1.84. The highest BCUT2D eigenvalue weighted by Crippen LogP contribution is 2.37. The van der Waals surface area contributed by atoms with Crippen molar-refractivity contribution >= 4 is 200 Å². The first kappa shape index (κ1) is 53.9. The average Bonchev–Trinajstić information content (AvgIpc) is 3.95. The van der Waals surface area contributed by atoms with Crippen molar-refractivity contribution in [3.8, 4) is 0 Å². The monoisotopic (exact) mass is 1010 g/mol. The summed E-state index contributed by atoms with van der Waals surface area (Å²) < 4.78 is 13.2. The zero-order valence-corrected chi connectivity index (χ0v) is 40.3. The molecule has 1 saturated heterocycles. The van der Waals surface area contributed by atoms with E-state index in [0.717, 1.165) is 87.8 Å². The molecule has 13 nitrogen and oxygen atoms in total. The van der Waals surface area contributed by atoms with Gasteiger partial charge in [0.2, 0.25) is 15.3 Å². The number of nitrogens with zero attached hydrogens (tertiary/aromatic N) is 5. The van der Waals surface area contributed by atoms with E-state index in [0.29, 0.717) is 10.5 Å². The molecule has 1 fully saturated rings. The van der Waals surface area contributed by atoms with Gasteiger partial charge in [0.05, 0.1) is 32.0 Å². The molecule has 6 rings (SSSR count). The number of hydrogen-bond acceptors (Lipinski definition) is 22. The maximum absolute atomic E-state index is 11.6. The summed E-state index contributed by atoms with van der Waals surface area (Å²) in [4.78, 5) is 71.8. The Bertz CT molecular complexity index is 1980. The third-order valence-corrected chi connectivity index (χ3v) is 19.0. The predicted molar refractivity (Wildman–Crippen MR) is 258 cm³/mol. The standard InChI is InChI=1S/C8H6O2S2.C6H9N3S2.C4H8N2O2S2.2C3H3NS3.C3H2O2S2.CH4/c1-12(10)7-5-3-2-4-6(7)8(9)11-12;1-9(2)4-7-6-8-5(10)3-11-6;1-5-3(7)9-10-4(8)6-2;2*1-2-4-3(5)7-6-2;4-2-1-3(5)7-6-2;/h2-5H,1H2;4H,3H2,1-2H3;1-2H3,(H,5,7)(H,6,8);2*1H3;1H2;1H4. The Morgan fingerprint density at radius 2 is 1.40 bits per heavy atom. The number of fused-ring (bicyclic) bond motifs is 1. The van der Waals surface area contributed by atoms with E-state index >= 15 is 0 Å². The van der Waals surface area contributed by atoms with Crippen molar-refractivity contribution in [1.29, 1.82) is 0 Å². The fourth-order valence-corrected chi connectivity index (χ4v) is 13.2. The highest BCUT2D eigenvalue weighted by Gasteiger charge is 2.28. The van der Waals surface area contributed by atoms with E-state index < -0.39 is 8.55 Å². The molecule has 0 saturated carbocycles. The van der Waals surface area contributed by atoms with E-state index in [1.54, 1.807) is 83.7 Å². The van der Waals surface area contributed by atoms with Crippen LogP contribution in [0.25, 0.3) is 0 Å². The first-order valence-corrected chi connectivity index (χ1v) is 27.9. The number of thiocarbonyl (C=S) groups is 1. The Morgan fingerprint density at radius 3 is 1.71 bits per heavy atom. The number of nitrogens with one attached hydrogen (secondary N) is 2. The minimum absolute atomic E-state index is 0. The molecule has 3 aromatic rings. The van der Waals surface area contributed by atoms with Gasteiger partial charge in [-0.25, -0.2) is 20.0 Å². The van der Waals surface area contributed by atoms with Crippen LogP contribution in [0.1, 0.15) is 34.2 Å². The molecule has 27 heteroatoms. The smallest absolute Gasteiger partial charge is 0.289 e. The number of carbonyl (C=O) groups excluding carboxylic acids is 5. The predicted octanol–water partition coefficient (Wildman–Crippen LogP) is 9.56. The van der Waals surface area contributed by atoms with E-state index in [4.69, 9.17) is 36.7 Å². The Morgan fingerprint density at radius 1 is 0.909 bits per heavy atom. The average molecular weight is 1010 g/mol. The van der Waals surface area contributed by atoms with Gasteiger partial charge >= 0.3 is 0 Å². The van der Waals surface area contributed by atoms with Gasteiger partial charge in [0.25, 0.3) is 10.5 Å². The van der Waals surface area contributed by atoms with Crippen molar-refractivity contribution in [2.75, 3.05) is 33.9 Å². The zero-order valence-electron chi connectivity index (χ0n) is 28.9. The van der Waals surface area contributed by atoms with Crippen LogP contribution < -0.4 is 10.6 Å². The molecular weight excluding hydrogens is 979 g/mol. The van der Waals surface area contributed by atoms with E-state index in [1.165, 1.54) is 14.1 Å². The molecule has 2 amide bonds. The van der Waals surface area contributed by atoms with E-state index in [-0.39, 0.29) is 39.7 Å². The summed E-state index contributed by atoms with van der Waals surface area (Å²) in [7, 11) is 15.5. The Kier molecular flexibility index (Phi) is 28.6. The van der Waals surface area contributed by atoms with Crippen molar-refractivity contribution in [3.63, 3.8) is 0 Å². The van der Waals surface area contributed by atoms with Crippen molar-refractivity contribution in [1.82, 2.24) is 25.5 Å². The van der Waals surface area contributed by atoms with Gasteiger partial charge in [-0.2, -0.15) is 0 Å².